The average Bonchev–Trinajstić information content (AvgIpc) is 3.36. The fourth-order valence-electron chi connectivity index (χ4n) is 2.18. The summed E-state index contributed by atoms with van der Waals surface area (Å²) in [5.41, 5.74) is 3.28. The maximum Gasteiger partial charge on any atom is 0.264 e. The largest absolute Gasteiger partial charge is 0.497 e. The fraction of sp³-hybridized carbons (Fsp3) is 0.176. The molecule has 3 rings (SSSR count). The van der Waals surface area contributed by atoms with Crippen molar-refractivity contribution in [3.05, 3.63) is 40.6 Å². The van der Waals surface area contributed by atoms with Gasteiger partial charge < -0.3 is 20.6 Å². The van der Waals surface area contributed by atoms with Crippen molar-refractivity contribution in [3.8, 4) is 11.5 Å². The number of rotatable bonds is 9. The first-order chi connectivity index (χ1) is 14.1. The number of benzene rings is 1. The van der Waals surface area contributed by atoms with Crippen molar-refractivity contribution in [2.45, 2.75) is 5.16 Å². The van der Waals surface area contributed by atoms with Gasteiger partial charge in [0.15, 0.2) is 0 Å². The molecule has 1 amide bonds. The number of thiophene rings is 1. The molecule has 3 aromatic rings. The van der Waals surface area contributed by atoms with Crippen molar-refractivity contribution in [1.29, 1.82) is 0 Å². The maximum absolute atomic E-state index is 12.3. The van der Waals surface area contributed by atoms with Crippen LogP contribution in [0.15, 0.2) is 46.0 Å². The molecule has 10 nitrogen and oxygen atoms in total. The van der Waals surface area contributed by atoms with E-state index in [1.165, 1.54) is 4.68 Å². The molecule has 0 aliphatic rings. The number of anilines is 2. The molecular weight excluding hydrogens is 414 g/mol. The Bertz CT molecular complexity index is 967. The monoisotopic (exact) mass is 433 g/mol. The second kappa shape index (κ2) is 9.80. The van der Waals surface area contributed by atoms with Crippen LogP contribution in [0.1, 0.15) is 4.88 Å². The topological polar surface area (TPSA) is 129 Å². The lowest BCUT2D eigenvalue weighted by molar-refractivity contribution is -0.113. The van der Waals surface area contributed by atoms with E-state index in [1.54, 1.807) is 50.0 Å². The number of carbonyl (C=O) groups is 1. The van der Waals surface area contributed by atoms with Crippen LogP contribution < -0.4 is 26.1 Å². The lowest BCUT2D eigenvalue weighted by Crippen LogP contribution is -2.17. The molecule has 2 heterocycles. The van der Waals surface area contributed by atoms with Crippen LogP contribution in [0.25, 0.3) is 0 Å². The number of nitrogens with two attached hydrogens (primary N) is 1. The molecule has 0 bridgehead atoms. The second-order valence-corrected chi connectivity index (χ2v) is 7.42. The van der Waals surface area contributed by atoms with E-state index in [0.717, 1.165) is 16.6 Å². The van der Waals surface area contributed by atoms with Crippen LogP contribution in [0, 0.1) is 0 Å². The van der Waals surface area contributed by atoms with E-state index in [9.17, 15) is 4.79 Å². The molecule has 0 saturated carbocycles. The third-order valence-electron chi connectivity index (χ3n) is 3.53. The van der Waals surface area contributed by atoms with E-state index in [2.05, 4.69) is 26.0 Å². The van der Waals surface area contributed by atoms with Gasteiger partial charge in [-0.2, -0.15) is 5.10 Å². The summed E-state index contributed by atoms with van der Waals surface area (Å²) in [6.45, 7) is 0. The number of hydrogen-bond donors (Lipinski definition) is 3. The van der Waals surface area contributed by atoms with Gasteiger partial charge in [0.25, 0.3) is 5.95 Å². The zero-order valence-corrected chi connectivity index (χ0v) is 17.3. The van der Waals surface area contributed by atoms with Crippen LogP contribution in [0.4, 0.5) is 11.6 Å². The van der Waals surface area contributed by atoms with Crippen LogP contribution in [0.2, 0.25) is 0 Å². The lowest BCUT2D eigenvalue weighted by Gasteiger charge is -2.09. The Balaban J connectivity index is 1.54. The molecule has 0 saturated heterocycles. The Hall–Kier alpha value is -3.25. The minimum absolute atomic E-state index is 0.0906. The highest BCUT2D eigenvalue weighted by atomic mass is 32.2. The predicted molar refractivity (Wildman–Crippen MR) is 115 cm³/mol. The summed E-state index contributed by atoms with van der Waals surface area (Å²) < 4.78 is 11.6. The smallest absolute Gasteiger partial charge is 0.264 e. The van der Waals surface area contributed by atoms with E-state index < -0.39 is 0 Å². The first-order valence-electron chi connectivity index (χ1n) is 8.28. The summed E-state index contributed by atoms with van der Waals surface area (Å²) in [5, 5.41) is 17.1. The van der Waals surface area contributed by atoms with E-state index >= 15 is 0 Å². The fourth-order valence-corrected chi connectivity index (χ4v) is 3.42. The van der Waals surface area contributed by atoms with Gasteiger partial charge in [-0.05, 0) is 11.4 Å². The molecule has 0 atom stereocenters. The van der Waals surface area contributed by atoms with Crippen molar-refractivity contribution < 1.29 is 14.3 Å². The number of nitrogens with zero attached hydrogens (tertiary/aromatic N) is 4. The Morgan fingerprint density at radius 3 is 2.72 bits per heavy atom. The number of thioether (sulfide) groups is 1. The van der Waals surface area contributed by atoms with Gasteiger partial charge in [0, 0.05) is 28.8 Å². The summed E-state index contributed by atoms with van der Waals surface area (Å²) in [6, 6.07) is 8.98. The molecule has 12 heteroatoms. The minimum Gasteiger partial charge on any atom is -0.497 e. The number of aromatic nitrogens is 3. The average molecular weight is 434 g/mol. The van der Waals surface area contributed by atoms with Gasteiger partial charge in [-0.15, -0.1) is 21.5 Å². The SMILES string of the molecule is COc1cc(NC(=O)CSc2nnc(N/N=C/c3cccs3)n2N)cc(OC)c1. The number of carbonyl (C=O) groups excluding carboxylic acids is 1. The minimum atomic E-state index is -0.237. The Kier molecular flexibility index (Phi) is 6.92. The highest BCUT2D eigenvalue weighted by molar-refractivity contribution is 7.99. The second-order valence-electron chi connectivity index (χ2n) is 5.50. The number of nitrogens with one attached hydrogen (secondary N) is 2. The van der Waals surface area contributed by atoms with Gasteiger partial charge in [0.1, 0.15) is 11.5 Å². The zero-order chi connectivity index (χ0) is 20.6. The van der Waals surface area contributed by atoms with Crippen molar-refractivity contribution in [2.75, 3.05) is 36.6 Å². The third kappa shape index (κ3) is 5.62. The lowest BCUT2D eigenvalue weighted by atomic mass is 10.2. The molecule has 0 unspecified atom stereocenters. The van der Waals surface area contributed by atoms with Crippen LogP contribution >= 0.6 is 23.1 Å². The Labute approximate surface area is 175 Å². The molecule has 4 N–H and O–H groups in total. The quantitative estimate of drug-likeness (QED) is 0.203. The zero-order valence-electron chi connectivity index (χ0n) is 15.7. The molecule has 0 aliphatic heterocycles. The summed E-state index contributed by atoms with van der Waals surface area (Å²) in [5.74, 6) is 7.22. The predicted octanol–water partition coefficient (Wildman–Crippen LogP) is 2.25. The van der Waals surface area contributed by atoms with Crippen molar-refractivity contribution in [2.24, 2.45) is 5.10 Å². The summed E-state index contributed by atoms with van der Waals surface area (Å²) in [7, 11) is 3.08. The number of nitrogen functional groups attached to an aromatic ring is 1. The number of ether oxygens (including phenoxy) is 2. The standard InChI is InChI=1S/C17H19N7O3S2/c1-26-12-6-11(7-13(8-12)27-2)20-15(25)10-29-17-23-22-16(24(17)18)21-19-9-14-4-3-5-28-14/h3-9H,10,18H2,1-2H3,(H,20,25)(H,21,22)/b19-9+. The van der Waals surface area contributed by atoms with Gasteiger partial charge in [0.05, 0.1) is 26.2 Å². The number of hydrazone groups is 1. The van der Waals surface area contributed by atoms with Gasteiger partial charge in [-0.25, -0.2) is 10.1 Å². The van der Waals surface area contributed by atoms with Crippen molar-refractivity contribution in [1.82, 2.24) is 14.9 Å². The molecule has 2 aromatic heterocycles. The molecule has 0 spiro atoms. The van der Waals surface area contributed by atoms with Crippen LogP contribution in [-0.2, 0) is 4.79 Å². The third-order valence-corrected chi connectivity index (χ3v) is 5.28. The van der Waals surface area contributed by atoms with E-state index in [-0.39, 0.29) is 17.6 Å². The summed E-state index contributed by atoms with van der Waals surface area (Å²) >= 11 is 2.70. The van der Waals surface area contributed by atoms with Gasteiger partial charge >= 0.3 is 0 Å². The normalized spacial score (nSPS) is 10.8. The van der Waals surface area contributed by atoms with Crippen molar-refractivity contribution in [3.63, 3.8) is 0 Å². The Morgan fingerprint density at radius 2 is 2.07 bits per heavy atom. The van der Waals surface area contributed by atoms with Crippen LogP contribution in [0.3, 0.4) is 0 Å². The molecule has 0 fully saturated rings. The first-order valence-corrected chi connectivity index (χ1v) is 10.1. The number of amides is 1. The Morgan fingerprint density at radius 1 is 1.31 bits per heavy atom. The molecule has 0 aliphatic carbocycles. The van der Waals surface area contributed by atoms with Crippen LogP contribution in [0.5, 0.6) is 11.5 Å². The molecule has 0 radical (unpaired) electrons. The maximum atomic E-state index is 12.3. The molecule has 152 valence electrons. The van der Waals surface area contributed by atoms with Gasteiger partial charge in [0.2, 0.25) is 11.1 Å². The van der Waals surface area contributed by atoms with E-state index in [0.29, 0.717) is 22.3 Å². The highest BCUT2D eigenvalue weighted by Crippen LogP contribution is 2.26. The number of hydrogen-bond acceptors (Lipinski definition) is 10. The van der Waals surface area contributed by atoms with Gasteiger partial charge in [-0.3, -0.25) is 4.79 Å². The molecular formula is C17H19N7O3S2. The molecule has 29 heavy (non-hydrogen) atoms. The van der Waals surface area contributed by atoms with Crippen LogP contribution in [-0.4, -0.2) is 47.0 Å². The first kappa shape index (κ1) is 20.5. The number of methoxy groups -OCH3 is 2. The van der Waals surface area contributed by atoms with E-state index in [1.807, 2.05) is 17.5 Å². The molecule has 1 aromatic carbocycles. The van der Waals surface area contributed by atoms with Crippen molar-refractivity contribution >= 4 is 46.9 Å². The van der Waals surface area contributed by atoms with Gasteiger partial charge in [-0.1, -0.05) is 17.8 Å². The van der Waals surface area contributed by atoms with E-state index in [4.69, 9.17) is 15.3 Å². The highest BCUT2D eigenvalue weighted by Gasteiger charge is 2.13. The summed E-state index contributed by atoms with van der Waals surface area (Å²) in [6.07, 6.45) is 1.65. The summed E-state index contributed by atoms with van der Waals surface area (Å²) in [4.78, 5) is 13.2.